The summed E-state index contributed by atoms with van der Waals surface area (Å²) in [5.74, 6) is -0.175. The third-order valence-electron chi connectivity index (χ3n) is 2.80. The topological polar surface area (TPSA) is 55.1 Å². The lowest BCUT2D eigenvalue weighted by Crippen LogP contribution is -2.14. The van der Waals surface area contributed by atoms with Gasteiger partial charge < -0.3 is 11.1 Å². The molecule has 0 saturated carbocycles. The van der Waals surface area contributed by atoms with Crippen LogP contribution in [0, 0.1) is 6.92 Å². The summed E-state index contributed by atoms with van der Waals surface area (Å²) in [5.41, 5.74) is 8.64. The Morgan fingerprint density at radius 3 is 2.35 bits per heavy atom. The van der Waals surface area contributed by atoms with Gasteiger partial charge in [0.15, 0.2) is 0 Å². The largest absolute Gasteiger partial charge is 0.389 e. The molecule has 0 spiro atoms. The van der Waals surface area contributed by atoms with Gasteiger partial charge in [-0.25, -0.2) is 0 Å². The summed E-state index contributed by atoms with van der Waals surface area (Å²) in [6.45, 7) is 1.97. The van der Waals surface area contributed by atoms with Gasteiger partial charge in [-0.3, -0.25) is 4.79 Å². The average Bonchev–Trinajstić information content (AvgIpc) is 2.43. The van der Waals surface area contributed by atoms with Crippen molar-refractivity contribution in [2.45, 2.75) is 6.92 Å². The molecule has 3 nitrogen and oxygen atoms in total. The molecule has 0 fully saturated rings. The van der Waals surface area contributed by atoms with E-state index in [4.69, 9.17) is 18.0 Å². The molecule has 5 heteroatoms. The van der Waals surface area contributed by atoms with Crippen molar-refractivity contribution in [3.8, 4) is 0 Å². The first kappa shape index (κ1) is 14.7. The zero-order valence-corrected chi connectivity index (χ0v) is 13.2. The minimum atomic E-state index is -0.175. The van der Waals surface area contributed by atoms with Crippen molar-refractivity contribution in [1.29, 1.82) is 0 Å². The SMILES string of the molecule is Cc1ccc(Br)c(NC(=O)c2ccc(C(N)=S)cc2)c1. The Morgan fingerprint density at radius 2 is 1.75 bits per heavy atom. The first-order chi connectivity index (χ1) is 9.47. The van der Waals surface area contributed by atoms with E-state index in [1.165, 1.54) is 0 Å². The molecule has 0 aliphatic heterocycles. The number of amides is 1. The van der Waals surface area contributed by atoms with Gasteiger partial charge in [-0.05, 0) is 52.7 Å². The molecule has 0 atom stereocenters. The lowest BCUT2D eigenvalue weighted by atomic mass is 10.1. The van der Waals surface area contributed by atoms with Crippen molar-refractivity contribution >= 4 is 44.7 Å². The predicted octanol–water partition coefficient (Wildman–Crippen LogP) is 3.64. The minimum absolute atomic E-state index is 0.175. The van der Waals surface area contributed by atoms with Gasteiger partial charge in [0.2, 0.25) is 0 Å². The number of carbonyl (C=O) groups excluding carboxylic acids is 1. The molecule has 0 aliphatic carbocycles. The van der Waals surface area contributed by atoms with Gasteiger partial charge in [-0.15, -0.1) is 0 Å². The van der Waals surface area contributed by atoms with Crippen LogP contribution in [0.15, 0.2) is 46.9 Å². The van der Waals surface area contributed by atoms with Crippen LogP contribution in [0.5, 0.6) is 0 Å². The van der Waals surface area contributed by atoms with Crippen molar-refractivity contribution in [2.24, 2.45) is 5.73 Å². The molecule has 2 aromatic carbocycles. The Labute approximate surface area is 131 Å². The van der Waals surface area contributed by atoms with Crippen molar-refractivity contribution in [2.75, 3.05) is 5.32 Å². The van der Waals surface area contributed by atoms with Gasteiger partial charge in [0.05, 0.1) is 5.69 Å². The van der Waals surface area contributed by atoms with E-state index in [0.29, 0.717) is 10.6 Å². The van der Waals surface area contributed by atoms with Gasteiger partial charge in [0, 0.05) is 15.6 Å². The smallest absolute Gasteiger partial charge is 0.255 e. The maximum absolute atomic E-state index is 12.2. The number of aryl methyl sites for hydroxylation is 1. The molecule has 0 heterocycles. The Hall–Kier alpha value is -1.72. The summed E-state index contributed by atoms with van der Waals surface area (Å²) < 4.78 is 0.844. The van der Waals surface area contributed by atoms with Gasteiger partial charge in [-0.1, -0.05) is 30.4 Å². The zero-order chi connectivity index (χ0) is 14.7. The van der Waals surface area contributed by atoms with E-state index in [9.17, 15) is 4.79 Å². The number of halogens is 1. The molecule has 102 valence electrons. The molecule has 0 bridgehead atoms. The molecule has 3 N–H and O–H groups in total. The normalized spacial score (nSPS) is 10.1. The number of nitrogens with one attached hydrogen (secondary N) is 1. The zero-order valence-electron chi connectivity index (χ0n) is 10.8. The highest BCUT2D eigenvalue weighted by atomic mass is 79.9. The molecule has 0 aliphatic rings. The molecule has 2 aromatic rings. The highest BCUT2D eigenvalue weighted by Crippen LogP contribution is 2.24. The summed E-state index contributed by atoms with van der Waals surface area (Å²) in [6.07, 6.45) is 0. The van der Waals surface area contributed by atoms with Gasteiger partial charge >= 0.3 is 0 Å². The van der Waals surface area contributed by atoms with Crippen LogP contribution < -0.4 is 11.1 Å². The molecular weight excluding hydrogens is 336 g/mol. The second-order valence-corrected chi connectivity index (χ2v) is 5.67. The van der Waals surface area contributed by atoms with Crippen LogP contribution in [-0.4, -0.2) is 10.9 Å². The molecule has 0 radical (unpaired) electrons. The van der Waals surface area contributed by atoms with Crippen LogP contribution in [0.4, 0.5) is 5.69 Å². The summed E-state index contributed by atoms with van der Waals surface area (Å²) >= 11 is 8.29. The second kappa shape index (κ2) is 6.15. The average molecular weight is 349 g/mol. The molecule has 2 rings (SSSR count). The molecule has 1 amide bonds. The molecule has 0 unspecified atom stereocenters. The van der Waals surface area contributed by atoms with Gasteiger partial charge in [0.25, 0.3) is 5.91 Å². The third-order valence-corrected chi connectivity index (χ3v) is 3.73. The standard InChI is InChI=1S/C15H13BrN2OS/c1-9-2-7-12(16)13(8-9)18-15(19)11-5-3-10(4-6-11)14(17)20/h2-8H,1H3,(H2,17,20)(H,18,19). The van der Waals surface area contributed by atoms with Crippen LogP contribution in [0.2, 0.25) is 0 Å². The highest BCUT2D eigenvalue weighted by Gasteiger charge is 2.08. The van der Waals surface area contributed by atoms with Crippen LogP contribution in [0.25, 0.3) is 0 Å². The van der Waals surface area contributed by atoms with E-state index in [2.05, 4.69) is 21.2 Å². The molecule has 0 aromatic heterocycles. The molecule has 20 heavy (non-hydrogen) atoms. The Bertz CT molecular complexity index is 668. The first-order valence-corrected chi connectivity index (χ1v) is 7.15. The Balaban J connectivity index is 2.19. The minimum Gasteiger partial charge on any atom is -0.389 e. The van der Waals surface area contributed by atoms with Gasteiger partial charge in [0.1, 0.15) is 4.99 Å². The number of hydrogen-bond acceptors (Lipinski definition) is 2. The molecule has 0 saturated heterocycles. The summed E-state index contributed by atoms with van der Waals surface area (Å²) in [5, 5.41) is 2.87. The van der Waals surface area contributed by atoms with E-state index in [-0.39, 0.29) is 5.91 Å². The van der Waals surface area contributed by atoms with Gasteiger partial charge in [-0.2, -0.15) is 0 Å². The van der Waals surface area contributed by atoms with E-state index in [1.54, 1.807) is 24.3 Å². The quantitative estimate of drug-likeness (QED) is 0.832. The van der Waals surface area contributed by atoms with Crippen molar-refractivity contribution < 1.29 is 4.79 Å². The second-order valence-electron chi connectivity index (χ2n) is 4.38. The highest BCUT2D eigenvalue weighted by molar-refractivity contribution is 9.10. The maximum Gasteiger partial charge on any atom is 0.255 e. The van der Waals surface area contributed by atoms with E-state index >= 15 is 0 Å². The third kappa shape index (κ3) is 3.43. The Kier molecular flexibility index (Phi) is 4.52. The number of rotatable bonds is 3. The van der Waals surface area contributed by atoms with Crippen molar-refractivity contribution in [1.82, 2.24) is 0 Å². The summed E-state index contributed by atoms with van der Waals surface area (Å²) in [6, 6.07) is 12.7. The number of thiocarbonyl (C=S) groups is 1. The number of benzene rings is 2. The van der Waals surface area contributed by atoms with Crippen molar-refractivity contribution in [3.05, 3.63) is 63.6 Å². The van der Waals surface area contributed by atoms with Crippen LogP contribution in [0.1, 0.15) is 21.5 Å². The first-order valence-electron chi connectivity index (χ1n) is 5.95. The number of nitrogens with two attached hydrogens (primary N) is 1. The van der Waals surface area contributed by atoms with E-state index in [1.807, 2.05) is 25.1 Å². The van der Waals surface area contributed by atoms with Crippen molar-refractivity contribution in [3.63, 3.8) is 0 Å². The van der Waals surface area contributed by atoms with Crippen LogP contribution >= 0.6 is 28.1 Å². The summed E-state index contributed by atoms with van der Waals surface area (Å²) in [7, 11) is 0. The lowest BCUT2D eigenvalue weighted by Gasteiger charge is -2.09. The number of anilines is 1. The van der Waals surface area contributed by atoms with Crippen LogP contribution in [-0.2, 0) is 0 Å². The molecular formula is C15H13BrN2OS. The Morgan fingerprint density at radius 1 is 1.15 bits per heavy atom. The summed E-state index contributed by atoms with van der Waals surface area (Å²) in [4.78, 5) is 12.5. The number of carbonyl (C=O) groups is 1. The monoisotopic (exact) mass is 348 g/mol. The number of hydrogen-bond donors (Lipinski definition) is 2. The maximum atomic E-state index is 12.2. The van der Waals surface area contributed by atoms with E-state index in [0.717, 1.165) is 21.3 Å². The predicted molar refractivity (Wildman–Crippen MR) is 89.2 cm³/mol. The fraction of sp³-hybridized carbons (Fsp3) is 0.0667. The fourth-order valence-corrected chi connectivity index (χ4v) is 2.20. The van der Waals surface area contributed by atoms with E-state index < -0.39 is 0 Å². The van der Waals surface area contributed by atoms with Crippen LogP contribution in [0.3, 0.4) is 0 Å². The fourth-order valence-electron chi connectivity index (χ4n) is 1.72. The lowest BCUT2D eigenvalue weighted by molar-refractivity contribution is 0.102.